The first-order valence-corrected chi connectivity index (χ1v) is 5.06. The van der Waals surface area contributed by atoms with Gasteiger partial charge in [0.2, 0.25) is 0 Å². The van der Waals surface area contributed by atoms with Crippen LogP contribution in [0.1, 0.15) is 39.5 Å². The minimum absolute atomic E-state index is 0.259. The van der Waals surface area contributed by atoms with Crippen LogP contribution in [0.3, 0.4) is 0 Å². The van der Waals surface area contributed by atoms with E-state index >= 15 is 0 Å². The van der Waals surface area contributed by atoms with E-state index in [4.69, 9.17) is 0 Å². The first kappa shape index (κ1) is 9.72. The lowest BCUT2D eigenvalue weighted by molar-refractivity contribution is -0.123. The summed E-state index contributed by atoms with van der Waals surface area (Å²) in [4.78, 5) is 13.8. The average molecular weight is 169 g/mol. The van der Waals surface area contributed by atoms with Crippen LogP contribution in [-0.4, -0.2) is 29.8 Å². The molecule has 1 saturated heterocycles. The minimum atomic E-state index is 0.259. The van der Waals surface area contributed by atoms with Gasteiger partial charge in [-0.25, -0.2) is 0 Å². The number of Topliss-reactive ketones (excluding diaryl/α,β-unsaturated/α-hetero) is 1. The lowest BCUT2D eigenvalue weighted by Crippen LogP contribution is -2.36. The lowest BCUT2D eigenvalue weighted by atomic mass is 10.1. The van der Waals surface area contributed by atoms with Crippen molar-refractivity contribution in [2.75, 3.05) is 13.1 Å². The second kappa shape index (κ2) is 4.61. The number of carbonyl (C=O) groups excluding carboxylic acids is 1. The van der Waals surface area contributed by atoms with Crippen molar-refractivity contribution < 1.29 is 4.79 Å². The molecule has 2 nitrogen and oxygen atoms in total. The van der Waals surface area contributed by atoms with Crippen LogP contribution in [0.25, 0.3) is 0 Å². The van der Waals surface area contributed by atoms with Gasteiger partial charge in [-0.05, 0) is 32.4 Å². The normalized spacial score (nSPS) is 24.7. The summed E-state index contributed by atoms with van der Waals surface area (Å²) in [5, 5.41) is 0. The predicted molar refractivity (Wildman–Crippen MR) is 50.2 cm³/mol. The molecule has 1 fully saturated rings. The fourth-order valence-corrected chi connectivity index (χ4v) is 1.98. The fraction of sp³-hybridized carbons (Fsp3) is 0.900. The number of hydrogen-bond donors (Lipinski definition) is 0. The Morgan fingerprint density at radius 1 is 1.50 bits per heavy atom. The molecule has 12 heavy (non-hydrogen) atoms. The summed E-state index contributed by atoms with van der Waals surface area (Å²) in [7, 11) is 0. The fourth-order valence-electron chi connectivity index (χ4n) is 1.98. The van der Waals surface area contributed by atoms with E-state index in [-0.39, 0.29) is 6.04 Å². The van der Waals surface area contributed by atoms with Crippen LogP contribution in [0.2, 0.25) is 0 Å². The SMILES string of the molecule is CCCN1CCC[C@H]1C(=O)CC. The van der Waals surface area contributed by atoms with Crippen molar-refractivity contribution in [1.82, 2.24) is 4.90 Å². The molecule has 1 atom stereocenters. The van der Waals surface area contributed by atoms with Crippen molar-refractivity contribution in [3.8, 4) is 0 Å². The van der Waals surface area contributed by atoms with Gasteiger partial charge in [-0.3, -0.25) is 9.69 Å². The summed E-state index contributed by atoms with van der Waals surface area (Å²) in [5.74, 6) is 0.431. The molecule has 0 unspecified atom stereocenters. The largest absolute Gasteiger partial charge is 0.298 e. The van der Waals surface area contributed by atoms with E-state index in [1.165, 1.54) is 6.42 Å². The quantitative estimate of drug-likeness (QED) is 0.640. The van der Waals surface area contributed by atoms with Crippen LogP contribution < -0.4 is 0 Å². The molecular weight excluding hydrogens is 150 g/mol. The monoisotopic (exact) mass is 169 g/mol. The van der Waals surface area contributed by atoms with Gasteiger partial charge in [-0.2, -0.15) is 0 Å². The Labute approximate surface area is 74.9 Å². The van der Waals surface area contributed by atoms with Gasteiger partial charge in [-0.15, -0.1) is 0 Å². The van der Waals surface area contributed by atoms with Gasteiger partial charge in [0.15, 0.2) is 0 Å². The maximum atomic E-state index is 11.5. The van der Waals surface area contributed by atoms with E-state index in [9.17, 15) is 4.79 Å². The highest BCUT2D eigenvalue weighted by Gasteiger charge is 2.28. The van der Waals surface area contributed by atoms with Gasteiger partial charge in [0.05, 0.1) is 6.04 Å². The van der Waals surface area contributed by atoms with E-state index in [1.54, 1.807) is 0 Å². The van der Waals surface area contributed by atoms with Crippen molar-refractivity contribution >= 4 is 5.78 Å². The maximum absolute atomic E-state index is 11.5. The molecule has 0 spiro atoms. The summed E-state index contributed by atoms with van der Waals surface area (Å²) < 4.78 is 0. The van der Waals surface area contributed by atoms with Crippen LogP contribution in [0, 0.1) is 0 Å². The molecule has 1 heterocycles. The highest BCUT2D eigenvalue weighted by Crippen LogP contribution is 2.18. The minimum Gasteiger partial charge on any atom is -0.298 e. The Kier molecular flexibility index (Phi) is 3.73. The molecule has 0 aromatic heterocycles. The van der Waals surface area contributed by atoms with Gasteiger partial charge in [0.25, 0.3) is 0 Å². The third-order valence-electron chi connectivity index (χ3n) is 2.59. The van der Waals surface area contributed by atoms with Crippen molar-refractivity contribution in [3.63, 3.8) is 0 Å². The first-order chi connectivity index (χ1) is 5.79. The van der Waals surface area contributed by atoms with Crippen molar-refractivity contribution in [2.45, 2.75) is 45.6 Å². The molecule has 0 aromatic rings. The summed E-state index contributed by atoms with van der Waals surface area (Å²) in [6.07, 6.45) is 4.15. The van der Waals surface area contributed by atoms with E-state index in [2.05, 4.69) is 11.8 Å². The van der Waals surface area contributed by atoms with Crippen molar-refractivity contribution in [3.05, 3.63) is 0 Å². The molecule has 0 saturated carbocycles. The lowest BCUT2D eigenvalue weighted by Gasteiger charge is -2.21. The zero-order chi connectivity index (χ0) is 8.97. The van der Waals surface area contributed by atoms with Gasteiger partial charge >= 0.3 is 0 Å². The molecule has 2 heteroatoms. The van der Waals surface area contributed by atoms with Crippen molar-refractivity contribution in [2.24, 2.45) is 0 Å². The average Bonchev–Trinajstić information content (AvgIpc) is 2.52. The number of ketones is 1. The summed E-state index contributed by atoms with van der Waals surface area (Å²) in [6.45, 7) is 6.36. The number of likely N-dealkylation sites (tertiary alicyclic amines) is 1. The van der Waals surface area contributed by atoms with E-state index in [1.807, 2.05) is 6.92 Å². The first-order valence-electron chi connectivity index (χ1n) is 5.06. The number of hydrogen-bond acceptors (Lipinski definition) is 2. The van der Waals surface area contributed by atoms with E-state index in [0.717, 1.165) is 25.9 Å². The van der Waals surface area contributed by atoms with Crippen LogP contribution in [0.4, 0.5) is 0 Å². The standard InChI is InChI=1S/C10H19NO/c1-3-7-11-8-5-6-9(11)10(12)4-2/h9H,3-8H2,1-2H3/t9-/m0/s1. The highest BCUT2D eigenvalue weighted by atomic mass is 16.1. The number of nitrogens with zero attached hydrogens (tertiary/aromatic N) is 1. The molecule has 0 aromatic carbocycles. The smallest absolute Gasteiger partial charge is 0.149 e. The third-order valence-corrected chi connectivity index (χ3v) is 2.59. The molecule has 0 aliphatic carbocycles. The zero-order valence-corrected chi connectivity index (χ0v) is 8.18. The predicted octanol–water partition coefficient (Wildman–Crippen LogP) is 1.84. The Balaban J connectivity index is 2.45. The van der Waals surface area contributed by atoms with Crippen LogP contribution in [0.15, 0.2) is 0 Å². The second-order valence-corrected chi connectivity index (χ2v) is 3.51. The molecular formula is C10H19NO. The molecule has 1 rings (SSSR count). The van der Waals surface area contributed by atoms with E-state index in [0.29, 0.717) is 12.2 Å². The number of rotatable bonds is 4. The Morgan fingerprint density at radius 3 is 2.83 bits per heavy atom. The second-order valence-electron chi connectivity index (χ2n) is 3.51. The maximum Gasteiger partial charge on any atom is 0.149 e. The van der Waals surface area contributed by atoms with Gasteiger partial charge in [-0.1, -0.05) is 13.8 Å². The van der Waals surface area contributed by atoms with Crippen LogP contribution >= 0.6 is 0 Å². The molecule has 0 N–H and O–H groups in total. The summed E-state index contributed by atoms with van der Waals surface area (Å²) in [6, 6.07) is 0.259. The number of carbonyl (C=O) groups is 1. The highest BCUT2D eigenvalue weighted by molar-refractivity contribution is 5.83. The summed E-state index contributed by atoms with van der Waals surface area (Å²) >= 11 is 0. The summed E-state index contributed by atoms with van der Waals surface area (Å²) in [5.41, 5.74) is 0. The van der Waals surface area contributed by atoms with Gasteiger partial charge in [0.1, 0.15) is 5.78 Å². The Hall–Kier alpha value is -0.370. The Bertz CT molecular complexity index is 156. The third kappa shape index (κ3) is 2.07. The van der Waals surface area contributed by atoms with Crippen LogP contribution in [0.5, 0.6) is 0 Å². The molecule has 0 radical (unpaired) electrons. The molecule has 0 amide bonds. The van der Waals surface area contributed by atoms with Crippen LogP contribution in [-0.2, 0) is 4.79 Å². The van der Waals surface area contributed by atoms with E-state index < -0.39 is 0 Å². The zero-order valence-electron chi connectivity index (χ0n) is 8.18. The molecule has 70 valence electrons. The topological polar surface area (TPSA) is 20.3 Å². The van der Waals surface area contributed by atoms with Crippen molar-refractivity contribution in [1.29, 1.82) is 0 Å². The molecule has 0 bridgehead atoms. The Morgan fingerprint density at radius 2 is 2.25 bits per heavy atom. The van der Waals surface area contributed by atoms with Gasteiger partial charge < -0.3 is 0 Å². The molecule has 1 aliphatic rings. The molecule has 1 aliphatic heterocycles. The van der Waals surface area contributed by atoms with Gasteiger partial charge in [0, 0.05) is 6.42 Å².